The first-order valence-corrected chi connectivity index (χ1v) is 6.07. The van der Waals surface area contributed by atoms with Crippen molar-refractivity contribution in [2.24, 2.45) is 0 Å². The monoisotopic (exact) mass is 255 g/mol. The van der Waals surface area contributed by atoms with E-state index in [0.29, 0.717) is 26.2 Å². The normalized spacial score (nSPS) is 16.4. The highest BCUT2D eigenvalue weighted by Crippen LogP contribution is 2.04. The van der Waals surface area contributed by atoms with Crippen molar-refractivity contribution in [3.63, 3.8) is 0 Å². The van der Waals surface area contributed by atoms with Crippen LogP contribution in [0, 0.1) is 0 Å². The molecule has 0 aromatic rings. The highest BCUT2D eigenvalue weighted by Gasteiger charge is 2.28. The van der Waals surface area contributed by atoms with E-state index in [1.165, 1.54) is 11.8 Å². The molecule has 0 aliphatic carbocycles. The fourth-order valence-electron chi connectivity index (χ4n) is 1.76. The van der Waals surface area contributed by atoms with E-state index in [0.717, 1.165) is 0 Å². The molecule has 1 N–H and O–H groups in total. The largest absolute Gasteiger partial charge is 0.343 e. The van der Waals surface area contributed by atoms with Crippen LogP contribution < -0.4 is 5.32 Å². The number of rotatable bonds is 0. The number of nitrogens with one attached hydrogen (secondary N) is 1. The Hall–Kier alpha value is -1.59. The van der Waals surface area contributed by atoms with Gasteiger partial charge in [-0.3, -0.25) is 14.4 Å². The van der Waals surface area contributed by atoms with Crippen molar-refractivity contribution in [3.05, 3.63) is 0 Å². The number of piperazine rings is 1. The molecule has 0 unspecified atom stereocenters. The van der Waals surface area contributed by atoms with Crippen LogP contribution >= 0.6 is 0 Å². The van der Waals surface area contributed by atoms with Gasteiger partial charge in [0.1, 0.15) is 0 Å². The quantitative estimate of drug-likeness (QED) is 0.598. The minimum Gasteiger partial charge on any atom is -0.343 e. The first kappa shape index (κ1) is 14.5. The van der Waals surface area contributed by atoms with Gasteiger partial charge in [-0.2, -0.15) is 0 Å². The third kappa shape index (κ3) is 4.01. The van der Waals surface area contributed by atoms with Crippen LogP contribution in [0.5, 0.6) is 0 Å². The Balaban J connectivity index is 2.50. The van der Waals surface area contributed by atoms with E-state index < -0.39 is 17.4 Å². The maximum absolute atomic E-state index is 11.9. The van der Waals surface area contributed by atoms with Crippen LogP contribution in [0.4, 0.5) is 0 Å². The van der Waals surface area contributed by atoms with Gasteiger partial charge in [0.05, 0.1) is 0 Å². The van der Waals surface area contributed by atoms with Gasteiger partial charge in [-0.05, 0) is 20.8 Å². The van der Waals surface area contributed by atoms with E-state index in [1.807, 2.05) is 20.8 Å². The molecule has 0 bridgehead atoms. The van der Waals surface area contributed by atoms with Crippen molar-refractivity contribution in [3.8, 4) is 0 Å². The fourth-order valence-corrected chi connectivity index (χ4v) is 1.76. The van der Waals surface area contributed by atoms with Gasteiger partial charge in [0.25, 0.3) is 0 Å². The summed E-state index contributed by atoms with van der Waals surface area (Å²) < 4.78 is 0. The number of hydrogen-bond acceptors (Lipinski definition) is 3. The molecule has 1 heterocycles. The standard InChI is InChI=1S/C12H21N3O3/c1-9(16)14-5-7-15(8-6-14)11(18)10(17)13-12(2,3)4/h5-8H2,1-4H3,(H,13,17). The maximum Gasteiger partial charge on any atom is 0.312 e. The molecule has 1 aliphatic heterocycles. The van der Waals surface area contributed by atoms with E-state index in [1.54, 1.807) is 4.90 Å². The lowest BCUT2D eigenvalue weighted by Crippen LogP contribution is -2.55. The van der Waals surface area contributed by atoms with Crippen molar-refractivity contribution in [1.29, 1.82) is 0 Å². The highest BCUT2D eigenvalue weighted by molar-refractivity contribution is 6.35. The zero-order chi connectivity index (χ0) is 13.9. The molecule has 6 heteroatoms. The molecule has 1 saturated heterocycles. The van der Waals surface area contributed by atoms with Gasteiger partial charge >= 0.3 is 11.8 Å². The van der Waals surface area contributed by atoms with Crippen LogP contribution in [-0.2, 0) is 14.4 Å². The van der Waals surface area contributed by atoms with Gasteiger partial charge in [0, 0.05) is 38.6 Å². The smallest absolute Gasteiger partial charge is 0.312 e. The Kier molecular flexibility index (Phi) is 4.32. The molecular weight excluding hydrogens is 234 g/mol. The molecule has 3 amide bonds. The summed E-state index contributed by atoms with van der Waals surface area (Å²) in [7, 11) is 0. The molecule has 0 aromatic carbocycles. The number of carbonyl (C=O) groups is 3. The van der Waals surface area contributed by atoms with Crippen LogP contribution in [-0.4, -0.2) is 59.2 Å². The summed E-state index contributed by atoms with van der Waals surface area (Å²) in [5.41, 5.74) is -0.423. The van der Waals surface area contributed by atoms with Crippen molar-refractivity contribution in [2.75, 3.05) is 26.2 Å². The lowest BCUT2D eigenvalue weighted by molar-refractivity contribution is -0.148. The van der Waals surface area contributed by atoms with Crippen molar-refractivity contribution < 1.29 is 14.4 Å². The van der Waals surface area contributed by atoms with Crippen LogP contribution in [0.1, 0.15) is 27.7 Å². The zero-order valence-electron chi connectivity index (χ0n) is 11.4. The third-order valence-corrected chi connectivity index (χ3v) is 2.69. The van der Waals surface area contributed by atoms with Crippen molar-refractivity contribution in [2.45, 2.75) is 33.2 Å². The lowest BCUT2D eigenvalue weighted by Gasteiger charge is -2.34. The van der Waals surface area contributed by atoms with Gasteiger partial charge < -0.3 is 15.1 Å². The molecule has 0 saturated carbocycles. The highest BCUT2D eigenvalue weighted by atomic mass is 16.2. The topological polar surface area (TPSA) is 69.7 Å². The summed E-state index contributed by atoms with van der Waals surface area (Å²) >= 11 is 0. The second-order valence-corrected chi connectivity index (χ2v) is 5.50. The number of amides is 3. The first-order valence-electron chi connectivity index (χ1n) is 6.07. The number of carbonyl (C=O) groups excluding carboxylic acids is 3. The first-order chi connectivity index (χ1) is 8.20. The number of hydrogen-bond donors (Lipinski definition) is 1. The summed E-state index contributed by atoms with van der Waals surface area (Å²) in [5, 5.41) is 2.64. The van der Waals surface area contributed by atoms with Gasteiger partial charge in [-0.15, -0.1) is 0 Å². The number of nitrogens with zero attached hydrogens (tertiary/aromatic N) is 2. The predicted octanol–water partition coefficient (Wildman–Crippen LogP) is -0.408. The molecule has 102 valence electrons. The minimum absolute atomic E-state index is 0.00115. The van der Waals surface area contributed by atoms with Crippen molar-refractivity contribution in [1.82, 2.24) is 15.1 Å². The zero-order valence-corrected chi connectivity index (χ0v) is 11.4. The molecular formula is C12H21N3O3. The van der Waals surface area contributed by atoms with Crippen LogP contribution in [0.3, 0.4) is 0 Å². The summed E-state index contributed by atoms with van der Waals surface area (Å²) in [4.78, 5) is 37.9. The molecule has 1 rings (SSSR count). The Morgan fingerprint density at radius 3 is 1.78 bits per heavy atom. The van der Waals surface area contributed by atoms with Gasteiger partial charge in [0.15, 0.2) is 0 Å². The summed E-state index contributed by atoms with van der Waals surface area (Å²) in [6.07, 6.45) is 0. The SMILES string of the molecule is CC(=O)N1CCN(C(=O)C(=O)NC(C)(C)C)CC1. The fraction of sp³-hybridized carbons (Fsp3) is 0.750. The molecule has 6 nitrogen and oxygen atoms in total. The molecule has 0 aromatic heterocycles. The lowest BCUT2D eigenvalue weighted by atomic mass is 10.1. The van der Waals surface area contributed by atoms with E-state index in [9.17, 15) is 14.4 Å². The Bertz CT molecular complexity index is 352. The predicted molar refractivity (Wildman–Crippen MR) is 66.7 cm³/mol. The molecule has 0 spiro atoms. The van der Waals surface area contributed by atoms with E-state index in [-0.39, 0.29) is 5.91 Å². The van der Waals surface area contributed by atoms with Crippen LogP contribution in [0.15, 0.2) is 0 Å². The Labute approximate surface area is 107 Å². The van der Waals surface area contributed by atoms with E-state index in [4.69, 9.17) is 0 Å². The molecule has 0 radical (unpaired) electrons. The Morgan fingerprint density at radius 2 is 1.39 bits per heavy atom. The average Bonchev–Trinajstić information content (AvgIpc) is 2.26. The van der Waals surface area contributed by atoms with E-state index >= 15 is 0 Å². The summed E-state index contributed by atoms with van der Waals surface area (Å²) in [5.74, 6) is -1.10. The average molecular weight is 255 g/mol. The van der Waals surface area contributed by atoms with Gasteiger partial charge in [-0.1, -0.05) is 0 Å². The maximum atomic E-state index is 11.9. The van der Waals surface area contributed by atoms with E-state index in [2.05, 4.69) is 5.32 Å². The van der Waals surface area contributed by atoms with Gasteiger partial charge in [0.2, 0.25) is 5.91 Å². The molecule has 1 fully saturated rings. The third-order valence-electron chi connectivity index (χ3n) is 2.69. The van der Waals surface area contributed by atoms with Gasteiger partial charge in [-0.25, -0.2) is 0 Å². The minimum atomic E-state index is -0.584. The van der Waals surface area contributed by atoms with Crippen LogP contribution in [0.25, 0.3) is 0 Å². The molecule has 1 aliphatic rings. The Morgan fingerprint density at radius 1 is 0.944 bits per heavy atom. The van der Waals surface area contributed by atoms with Crippen molar-refractivity contribution >= 4 is 17.7 Å². The second kappa shape index (κ2) is 5.37. The summed E-state index contributed by atoms with van der Waals surface area (Å²) in [6, 6.07) is 0. The molecule has 0 atom stereocenters. The molecule has 18 heavy (non-hydrogen) atoms. The van der Waals surface area contributed by atoms with Crippen LogP contribution in [0.2, 0.25) is 0 Å². The summed E-state index contributed by atoms with van der Waals surface area (Å²) in [6.45, 7) is 8.78. The second-order valence-electron chi connectivity index (χ2n) is 5.50.